The molecule has 0 aliphatic rings. The average molecular weight is 488 g/mol. The van der Waals surface area contributed by atoms with E-state index in [-0.39, 0.29) is 24.6 Å². The van der Waals surface area contributed by atoms with Gasteiger partial charge in [0.2, 0.25) is 5.78 Å². The summed E-state index contributed by atoms with van der Waals surface area (Å²) in [6, 6.07) is 20.0. The Bertz CT molecular complexity index is 1570. The van der Waals surface area contributed by atoms with E-state index in [0.717, 1.165) is 11.1 Å². The number of carbonyl (C=O) groups is 1. The number of carbonyl (C=O) groups excluding carboxylic acids is 1. The Hall–Kier alpha value is -4.17. The van der Waals surface area contributed by atoms with E-state index in [0.29, 0.717) is 39.6 Å². The molecule has 0 fully saturated rings. The van der Waals surface area contributed by atoms with Gasteiger partial charge in [0, 0.05) is 17.1 Å². The van der Waals surface area contributed by atoms with E-state index in [4.69, 9.17) is 16.3 Å². The second kappa shape index (κ2) is 9.60. The lowest BCUT2D eigenvalue weighted by molar-refractivity contribution is 0.0951. The summed E-state index contributed by atoms with van der Waals surface area (Å²) in [5, 5.41) is 12.0. The number of benzene rings is 3. The van der Waals surface area contributed by atoms with Crippen molar-refractivity contribution in [1.82, 2.24) is 24.5 Å². The first-order valence-corrected chi connectivity index (χ1v) is 11.5. The quantitative estimate of drug-likeness (QED) is 0.374. The van der Waals surface area contributed by atoms with Crippen molar-refractivity contribution in [2.75, 3.05) is 6.61 Å². The molecule has 1 amide bonds. The van der Waals surface area contributed by atoms with Gasteiger partial charge in [-0.1, -0.05) is 41.4 Å². The number of fused-ring (bicyclic) bond motifs is 3. The second-order valence-electron chi connectivity index (χ2n) is 8.16. The molecule has 0 saturated carbocycles. The van der Waals surface area contributed by atoms with E-state index in [1.807, 2.05) is 31.2 Å². The Morgan fingerprint density at radius 1 is 1.06 bits per heavy atom. The van der Waals surface area contributed by atoms with Crippen LogP contribution in [0, 0.1) is 6.92 Å². The van der Waals surface area contributed by atoms with E-state index in [1.54, 1.807) is 53.2 Å². The minimum atomic E-state index is -0.270. The third-order valence-electron chi connectivity index (χ3n) is 5.74. The van der Waals surface area contributed by atoms with Crippen LogP contribution in [0.3, 0.4) is 0 Å². The maximum absolute atomic E-state index is 13.4. The Kier molecular flexibility index (Phi) is 6.20. The normalized spacial score (nSPS) is 11.1. The lowest BCUT2D eigenvalue weighted by Gasteiger charge is -2.12. The summed E-state index contributed by atoms with van der Waals surface area (Å²) in [6.45, 7) is 2.91. The van der Waals surface area contributed by atoms with Crippen LogP contribution < -0.4 is 15.6 Å². The largest absolute Gasteiger partial charge is 0.492 e. The molecule has 1 N–H and O–H groups in total. The lowest BCUT2D eigenvalue weighted by atomic mass is 10.1. The maximum Gasteiger partial charge on any atom is 0.262 e. The van der Waals surface area contributed by atoms with Crippen LogP contribution in [0.5, 0.6) is 5.75 Å². The molecule has 35 heavy (non-hydrogen) atoms. The highest BCUT2D eigenvalue weighted by molar-refractivity contribution is 6.30. The fourth-order valence-electron chi connectivity index (χ4n) is 3.86. The van der Waals surface area contributed by atoms with Crippen LogP contribution in [0.15, 0.2) is 77.9 Å². The molecule has 0 unspecified atom stereocenters. The number of ether oxygens (including phenoxy) is 1. The van der Waals surface area contributed by atoms with E-state index in [9.17, 15) is 9.59 Å². The molecule has 0 spiro atoms. The van der Waals surface area contributed by atoms with Crippen molar-refractivity contribution >= 4 is 34.2 Å². The summed E-state index contributed by atoms with van der Waals surface area (Å²) in [7, 11) is 0. The third kappa shape index (κ3) is 4.74. The van der Waals surface area contributed by atoms with Crippen LogP contribution in [0.4, 0.5) is 0 Å². The first-order chi connectivity index (χ1) is 17.0. The van der Waals surface area contributed by atoms with Crippen molar-refractivity contribution in [3.05, 3.63) is 105 Å². The number of halogens is 1. The molecule has 0 radical (unpaired) electrons. The predicted octanol–water partition coefficient (Wildman–Crippen LogP) is 4.02. The fraction of sp³-hybridized carbons (Fsp3) is 0.154. The molecule has 0 aliphatic heterocycles. The van der Waals surface area contributed by atoms with Crippen molar-refractivity contribution in [3.8, 4) is 5.75 Å². The molecule has 5 rings (SSSR count). The average Bonchev–Trinajstić information content (AvgIpc) is 3.36. The van der Waals surface area contributed by atoms with Gasteiger partial charge in [-0.25, -0.2) is 0 Å². The predicted molar refractivity (Wildman–Crippen MR) is 134 cm³/mol. The number of amides is 1. The lowest BCUT2D eigenvalue weighted by Crippen LogP contribution is -2.27. The Balaban J connectivity index is 1.40. The molecule has 0 aliphatic carbocycles. The van der Waals surface area contributed by atoms with E-state index < -0.39 is 0 Å². The summed E-state index contributed by atoms with van der Waals surface area (Å²) in [5.41, 5.74) is 2.91. The summed E-state index contributed by atoms with van der Waals surface area (Å²) in [5.74, 6) is 0.792. The molecular formula is C26H22ClN5O3. The molecular weight excluding hydrogens is 466 g/mol. The molecule has 8 nitrogen and oxygen atoms in total. The Morgan fingerprint density at radius 3 is 2.60 bits per heavy atom. The van der Waals surface area contributed by atoms with E-state index in [2.05, 4.69) is 15.5 Å². The molecule has 5 aromatic rings. The van der Waals surface area contributed by atoms with Gasteiger partial charge < -0.3 is 10.1 Å². The van der Waals surface area contributed by atoms with Gasteiger partial charge in [0.15, 0.2) is 0 Å². The van der Waals surface area contributed by atoms with Crippen molar-refractivity contribution < 1.29 is 9.53 Å². The summed E-state index contributed by atoms with van der Waals surface area (Å²) < 4.78 is 8.99. The highest BCUT2D eigenvalue weighted by Crippen LogP contribution is 2.17. The smallest absolute Gasteiger partial charge is 0.262 e. The van der Waals surface area contributed by atoms with Gasteiger partial charge in [-0.15, -0.1) is 10.2 Å². The molecule has 3 aromatic carbocycles. The maximum atomic E-state index is 13.4. The molecule has 2 heterocycles. The van der Waals surface area contributed by atoms with Crippen molar-refractivity contribution in [2.45, 2.75) is 20.0 Å². The number of hydrogen-bond acceptors (Lipinski definition) is 5. The van der Waals surface area contributed by atoms with Gasteiger partial charge in [-0.05, 0) is 55.0 Å². The zero-order valence-corrected chi connectivity index (χ0v) is 19.7. The summed E-state index contributed by atoms with van der Waals surface area (Å²) in [6.07, 6.45) is 1.55. The molecule has 0 saturated heterocycles. The summed E-state index contributed by atoms with van der Waals surface area (Å²) in [4.78, 5) is 26.2. The summed E-state index contributed by atoms with van der Waals surface area (Å²) >= 11 is 5.91. The van der Waals surface area contributed by atoms with Gasteiger partial charge in [0.05, 0.1) is 17.4 Å². The van der Waals surface area contributed by atoms with Crippen LogP contribution in [0.25, 0.3) is 16.7 Å². The van der Waals surface area contributed by atoms with Crippen LogP contribution >= 0.6 is 11.6 Å². The van der Waals surface area contributed by atoms with Gasteiger partial charge in [-0.2, -0.15) is 0 Å². The van der Waals surface area contributed by atoms with Crippen LogP contribution in [-0.4, -0.2) is 31.7 Å². The standard InChI is InChI=1S/C26H22ClN5O3/c1-17-2-4-18(5-3-17)15-28-24(33)19-6-11-23-22(14-19)25(34)31(26-30-29-16-32(23)26)12-13-35-21-9-7-20(27)8-10-21/h2-11,14,16H,12-13,15H2,1H3,(H,28,33). The number of aromatic nitrogens is 4. The third-order valence-corrected chi connectivity index (χ3v) is 5.99. The number of aryl methyl sites for hydroxylation is 1. The number of rotatable bonds is 7. The van der Waals surface area contributed by atoms with E-state index in [1.165, 1.54) is 4.57 Å². The number of nitrogens with zero attached hydrogens (tertiary/aromatic N) is 4. The van der Waals surface area contributed by atoms with Crippen LogP contribution in [-0.2, 0) is 13.1 Å². The Morgan fingerprint density at radius 2 is 1.83 bits per heavy atom. The zero-order chi connectivity index (χ0) is 24.4. The topological polar surface area (TPSA) is 90.5 Å². The number of hydrogen-bond donors (Lipinski definition) is 1. The minimum Gasteiger partial charge on any atom is -0.492 e. The monoisotopic (exact) mass is 487 g/mol. The second-order valence-corrected chi connectivity index (χ2v) is 8.60. The fourth-order valence-corrected chi connectivity index (χ4v) is 3.98. The highest BCUT2D eigenvalue weighted by atomic mass is 35.5. The molecule has 9 heteroatoms. The SMILES string of the molecule is Cc1ccc(CNC(=O)c2ccc3c(c2)c(=O)n(CCOc2ccc(Cl)cc2)c2nncn32)cc1. The Labute approximate surface area is 205 Å². The van der Waals surface area contributed by atoms with E-state index >= 15 is 0 Å². The number of nitrogens with one attached hydrogen (secondary N) is 1. The van der Waals surface area contributed by atoms with Crippen molar-refractivity contribution in [2.24, 2.45) is 0 Å². The minimum absolute atomic E-state index is 0.242. The van der Waals surface area contributed by atoms with Gasteiger partial charge in [-0.3, -0.25) is 18.6 Å². The first-order valence-electron chi connectivity index (χ1n) is 11.1. The molecule has 0 bridgehead atoms. The molecule has 176 valence electrons. The molecule has 0 atom stereocenters. The van der Waals surface area contributed by atoms with Gasteiger partial charge in [0.1, 0.15) is 18.7 Å². The first kappa shape index (κ1) is 22.6. The molecule has 2 aromatic heterocycles. The van der Waals surface area contributed by atoms with Crippen LogP contribution in [0.2, 0.25) is 5.02 Å². The van der Waals surface area contributed by atoms with Gasteiger partial charge >= 0.3 is 0 Å². The highest BCUT2D eigenvalue weighted by Gasteiger charge is 2.15. The van der Waals surface area contributed by atoms with Gasteiger partial charge in [0.25, 0.3) is 11.5 Å². The van der Waals surface area contributed by atoms with Crippen molar-refractivity contribution in [3.63, 3.8) is 0 Å². The zero-order valence-electron chi connectivity index (χ0n) is 18.9. The van der Waals surface area contributed by atoms with Crippen LogP contribution in [0.1, 0.15) is 21.5 Å². The van der Waals surface area contributed by atoms with Crippen molar-refractivity contribution in [1.29, 1.82) is 0 Å².